The molecule has 3 rings (SSSR count). The Morgan fingerprint density at radius 2 is 1.80 bits per heavy atom. The molecule has 7 heteroatoms. The molecule has 0 unspecified atom stereocenters. The number of carbonyl (C=O) groups excluding carboxylic acids is 3. The van der Waals surface area contributed by atoms with E-state index in [-0.39, 0.29) is 24.3 Å². The summed E-state index contributed by atoms with van der Waals surface area (Å²) < 4.78 is 5.20. The van der Waals surface area contributed by atoms with Gasteiger partial charge in [-0.1, -0.05) is 30.7 Å². The summed E-state index contributed by atoms with van der Waals surface area (Å²) in [6, 6.07) is 14.3. The number of likely N-dealkylation sites (tertiary alicyclic amines) is 1. The van der Waals surface area contributed by atoms with E-state index in [1.54, 1.807) is 35.2 Å². The highest BCUT2D eigenvalue weighted by atomic mass is 35.5. The number of hydrogen-bond acceptors (Lipinski definition) is 4. The topological polar surface area (TPSA) is 75.7 Å². The zero-order valence-corrected chi connectivity index (χ0v) is 17.7. The second kappa shape index (κ2) is 10.3. The molecule has 6 nitrogen and oxygen atoms in total. The van der Waals surface area contributed by atoms with Crippen LogP contribution in [0.3, 0.4) is 0 Å². The van der Waals surface area contributed by atoms with Crippen LogP contribution in [0.25, 0.3) is 0 Å². The maximum atomic E-state index is 12.5. The van der Waals surface area contributed by atoms with Crippen LogP contribution in [0.1, 0.15) is 35.7 Å². The lowest BCUT2D eigenvalue weighted by atomic mass is 9.96. The van der Waals surface area contributed by atoms with E-state index in [1.807, 2.05) is 25.1 Å². The van der Waals surface area contributed by atoms with Crippen LogP contribution < -0.4 is 5.32 Å². The fraction of sp³-hybridized carbons (Fsp3) is 0.348. The standard InChI is InChI=1S/C23H25ClN2O4/c1-2-16-4-3-5-20(14-16)25-21(27)15-30-23(29)18-10-12-26(13-11-18)22(28)17-6-8-19(24)9-7-17/h3-9,14,18H,2,10-13,15H2,1H3,(H,25,27). The molecule has 1 heterocycles. The normalized spacial score (nSPS) is 14.3. The molecule has 2 amide bonds. The Morgan fingerprint density at radius 3 is 2.47 bits per heavy atom. The van der Waals surface area contributed by atoms with Crippen LogP contribution in [0, 0.1) is 5.92 Å². The molecular weight excluding hydrogens is 404 g/mol. The van der Waals surface area contributed by atoms with Gasteiger partial charge in [0.05, 0.1) is 5.92 Å². The summed E-state index contributed by atoms with van der Waals surface area (Å²) in [6.45, 7) is 2.66. The highest BCUT2D eigenvalue weighted by Crippen LogP contribution is 2.21. The van der Waals surface area contributed by atoms with Crippen LogP contribution in [0.5, 0.6) is 0 Å². The van der Waals surface area contributed by atoms with E-state index in [1.165, 1.54) is 0 Å². The molecule has 158 valence electrons. The number of amides is 2. The predicted molar refractivity (Wildman–Crippen MR) is 115 cm³/mol. The summed E-state index contributed by atoms with van der Waals surface area (Å²) in [5.41, 5.74) is 2.37. The smallest absolute Gasteiger partial charge is 0.309 e. The fourth-order valence-corrected chi connectivity index (χ4v) is 3.54. The number of esters is 1. The first-order valence-corrected chi connectivity index (χ1v) is 10.4. The Hall–Kier alpha value is -2.86. The van der Waals surface area contributed by atoms with Crippen molar-refractivity contribution in [3.8, 4) is 0 Å². The molecule has 0 atom stereocenters. The highest BCUT2D eigenvalue weighted by molar-refractivity contribution is 6.30. The van der Waals surface area contributed by atoms with Gasteiger partial charge in [-0.25, -0.2) is 0 Å². The predicted octanol–water partition coefficient (Wildman–Crippen LogP) is 3.94. The van der Waals surface area contributed by atoms with Crippen LogP contribution in [0.2, 0.25) is 5.02 Å². The molecular formula is C23H25ClN2O4. The van der Waals surface area contributed by atoms with Gasteiger partial charge in [0.25, 0.3) is 11.8 Å². The average Bonchev–Trinajstić information content (AvgIpc) is 2.77. The highest BCUT2D eigenvalue weighted by Gasteiger charge is 2.29. The van der Waals surface area contributed by atoms with E-state index >= 15 is 0 Å². The maximum Gasteiger partial charge on any atom is 0.309 e. The van der Waals surface area contributed by atoms with Crippen molar-refractivity contribution in [1.29, 1.82) is 0 Å². The molecule has 1 N–H and O–H groups in total. The first kappa shape index (κ1) is 21.8. The summed E-state index contributed by atoms with van der Waals surface area (Å²) in [7, 11) is 0. The Balaban J connectivity index is 1.43. The van der Waals surface area contributed by atoms with Crippen molar-refractivity contribution in [2.45, 2.75) is 26.2 Å². The van der Waals surface area contributed by atoms with Crippen LogP contribution in [-0.4, -0.2) is 42.4 Å². The molecule has 30 heavy (non-hydrogen) atoms. The van der Waals surface area contributed by atoms with Crippen LogP contribution in [-0.2, 0) is 20.7 Å². The first-order valence-electron chi connectivity index (χ1n) is 10.1. The number of carbonyl (C=O) groups is 3. The molecule has 0 spiro atoms. The lowest BCUT2D eigenvalue weighted by Gasteiger charge is -2.31. The molecule has 1 saturated heterocycles. The number of hydrogen-bond donors (Lipinski definition) is 1. The van der Waals surface area contributed by atoms with Gasteiger partial charge in [0.15, 0.2) is 6.61 Å². The van der Waals surface area contributed by atoms with Gasteiger partial charge in [0, 0.05) is 29.4 Å². The van der Waals surface area contributed by atoms with Crippen LogP contribution in [0.4, 0.5) is 5.69 Å². The van der Waals surface area contributed by atoms with Crippen molar-refractivity contribution in [3.05, 3.63) is 64.7 Å². The number of nitrogens with zero attached hydrogens (tertiary/aromatic N) is 1. The van der Waals surface area contributed by atoms with E-state index in [9.17, 15) is 14.4 Å². The fourth-order valence-electron chi connectivity index (χ4n) is 3.41. The lowest BCUT2D eigenvalue weighted by molar-refractivity contribution is -0.152. The SMILES string of the molecule is CCc1cccc(NC(=O)COC(=O)C2CCN(C(=O)c3ccc(Cl)cc3)CC2)c1. The Kier molecular flexibility index (Phi) is 7.46. The largest absolute Gasteiger partial charge is 0.455 e. The van der Waals surface area contributed by atoms with E-state index in [4.69, 9.17) is 16.3 Å². The molecule has 0 saturated carbocycles. The minimum Gasteiger partial charge on any atom is -0.455 e. The summed E-state index contributed by atoms with van der Waals surface area (Å²) in [5, 5.41) is 3.32. The summed E-state index contributed by atoms with van der Waals surface area (Å²) >= 11 is 5.86. The Bertz CT molecular complexity index is 906. The lowest BCUT2D eigenvalue weighted by Crippen LogP contribution is -2.41. The van der Waals surface area contributed by atoms with Crippen molar-refractivity contribution in [3.63, 3.8) is 0 Å². The third kappa shape index (κ3) is 5.83. The number of piperidine rings is 1. The van der Waals surface area contributed by atoms with E-state index in [0.717, 1.165) is 12.0 Å². The molecule has 0 aliphatic carbocycles. The van der Waals surface area contributed by atoms with Crippen molar-refractivity contribution in [1.82, 2.24) is 4.90 Å². The van der Waals surface area contributed by atoms with Gasteiger partial charge in [-0.3, -0.25) is 14.4 Å². The number of halogens is 1. The Morgan fingerprint density at radius 1 is 1.10 bits per heavy atom. The molecule has 0 bridgehead atoms. The van der Waals surface area contributed by atoms with E-state index < -0.39 is 5.97 Å². The molecule has 2 aromatic carbocycles. The number of ether oxygens (including phenoxy) is 1. The zero-order valence-electron chi connectivity index (χ0n) is 16.9. The number of nitrogens with one attached hydrogen (secondary N) is 1. The van der Waals surface area contributed by atoms with Crippen molar-refractivity contribution in [2.24, 2.45) is 5.92 Å². The van der Waals surface area contributed by atoms with Gasteiger partial charge in [-0.05, 0) is 61.2 Å². The maximum absolute atomic E-state index is 12.5. The molecule has 1 aliphatic heterocycles. The average molecular weight is 429 g/mol. The van der Waals surface area contributed by atoms with Gasteiger partial charge in [-0.2, -0.15) is 0 Å². The molecule has 1 fully saturated rings. The Labute approximate surface area is 181 Å². The molecule has 0 aromatic heterocycles. The first-order chi connectivity index (χ1) is 14.5. The molecule has 2 aromatic rings. The van der Waals surface area contributed by atoms with Gasteiger partial charge in [0.1, 0.15) is 0 Å². The van der Waals surface area contributed by atoms with Gasteiger partial charge < -0.3 is 15.0 Å². The quantitative estimate of drug-likeness (QED) is 0.707. The zero-order chi connectivity index (χ0) is 21.5. The molecule has 0 radical (unpaired) electrons. The monoisotopic (exact) mass is 428 g/mol. The minimum atomic E-state index is -0.397. The third-order valence-electron chi connectivity index (χ3n) is 5.17. The summed E-state index contributed by atoms with van der Waals surface area (Å²) in [4.78, 5) is 38.6. The van der Waals surface area contributed by atoms with Gasteiger partial charge >= 0.3 is 5.97 Å². The number of rotatable bonds is 6. The van der Waals surface area contributed by atoms with Crippen LogP contribution in [0.15, 0.2) is 48.5 Å². The number of benzene rings is 2. The van der Waals surface area contributed by atoms with Crippen LogP contribution >= 0.6 is 11.6 Å². The van der Waals surface area contributed by atoms with E-state index in [0.29, 0.717) is 42.2 Å². The number of anilines is 1. The van der Waals surface area contributed by atoms with Gasteiger partial charge in [-0.15, -0.1) is 0 Å². The second-order valence-corrected chi connectivity index (χ2v) is 7.72. The number of aryl methyl sites for hydroxylation is 1. The third-order valence-corrected chi connectivity index (χ3v) is 5.42. The van der Waals surface area contributed by atoms with Crippen molar-refractivity contribution < 1.29 is 19.1 Å². The molecule has 1 aliphatic rings. The van der Waals surface area contributed by atoms with Crippen molar-refractivity contribution in [2.75, 3.05) is 25.0 Å². The summed E-state index contributed by atoms with van der Waals surface area (Å²) in [5.74, 6) is -1.15. The van der Waals surface area contributed by atoms with E-state index in [2.05, 4.69) is 5.32 Å². The summed E-state index contributed by atoms with van der Waals surface area (Å²) in [6.07, 6.45) is 1.90. The second-order valence-electron chi connectivity index (χ2n) is 7.28. The minimum absolute atomic E-state index is 0.0767. The van der Waals surface area contributed by atoms with Gasteiger partial charge in [0.2, 0.25) is 0 Å². The van der Waals surface area contributed by atoms with Crippen molar-refractivity contribution >= 4 is 35.1 Å².